The molecular formula is C13H23NO3. The fourth-order valence-electron chi connectivity index (χ4n) is 1.64. The third kappa shape index (κ3) is 7.66. The lowest BCUT2D eigenvalue weighted by Crippen LogP contribution is -2.43. The Balaban J connectivity index is 3.91. The van der Waals surface area contributed by atoms with Gasteiger partial charge in [-0.25, -0.2) is 0 Å². The Labute approximate surface area is 103 Å². The molecule has 0 fully saturated rings. The van der Waals surface area contributed by atoms with E-state index in [1.165, 1.54) is 6.92 Å². The Bertz CT molecular complexity index is 284. The lowest BCUT2D eigenvalue weighted by Gasteiger charge is -2.19. The molecule has 1 atom stereocenters. The van der Waals surface area contributed by atoms with Crippen molar-refractivity contribution >= 4 is 17.5 Å². The molecule has 0 heterocycles. The molecule has 0 bridgehead atoms. The van der Waals surface area contributed by atoms with Gasteiger partial charge in [0.25, 0.3) is 0 Å². The van der Waals surface area contributed by atoms with Crippen molar-refractivity contribution in [1.82, 2.24) is 5.32 Å². The first kappa shape index (κ1) is 15.8. The predicted octanol–water partition coefficient (Wildman–Crippen LogP) is 1.87. The van der Waals surface area contributed by atoms with Crippen LogP contribution in [0.15, 0.2) is 0 Å². The number of nitrogens with one attached hydrogen (secondary N) is 1. The van der Waals surface area contributed by atoms with Crippen LogP contribution < -0.4 is 5.32 Å². The molecule has 0 aromatic rings. The first-order valence-corrected chi connectivity index (χ1v) is 6.13. The Morgan fingerprint density at radius 1 is 1.00 bits per heavy atom. The van der Waals surface area contributed by atoms with E-state index in [-0.39, 0.29) is 23.4 Å². The molecule has 0 saturated carbocycles. The summed E-state index contributed by atoms with van der Waals surface area (Å²) in [5.74, 6) is 0.127. The Morgan fingerprint density at radius 2 is 1.53 bits per heavy atom. The molecule has 0 spiro atoms. The van der Waals surface area contributed by atoms with E-state index in [1.54, 1.807) is 6.92 Å². The summed E-state index contributed by atoms with van der Waals surface area (Å²) >= 11 is 0. The highest BCUT2D eigenvalue weighted by Crippen LogP contribution is 2.05. The maximum Gasteiger partial charge on any atom is 0.220 e. The van der Waals surface area contributed by atoms with Gasteiger partial charge < -0.3 is 10.1 Å². The van der Waals surface area contributed by atoms with Gasteiger partial charge in [0.15, 0.2) is 5.78 Å². The molecule has 0 aliphatic carbocycles. The van der Waals surface area contributed by atoms with Crippen LogP contribution in [0.3, 0.4) is 0 Å². The standard InChI is InChI=1S/C13H23NO3/c1-9(2)13(11(4)16)14-12(17)8-6-5-7-10(3)15/h9,13H,5-8H2,1-4H3,(H,14,17)/t13-/m0/s1. The average molecular weight is 241 g/mol. The van der Waals surface area contributed by atoms with Crippen LogP contribution in [0.2, 0.25) is 0 Å². The van der Waals surface area contributed by atoms with E-state index in [9.17, 15) is 14.4 Å². The monoisotopic (exact) mass is 241 g/mol. The van der Waals surface area contributed by atoms with Crippen molar-refractivity contribution in [2.45, 2.75) is 59.4 Å². The second-order valence-corrected chi connectivity index (χ2v) is 4.81. The molecular weight excluding hydrogens is 218 g/mol. The van der Waals surface area contributed by atoms with E-state index in [0.717, 1.165) is 6.42 Å². The Hall–Kier alpha value is -1.19. The maximum absolute atomic E-state index is 11.6. The van der Waals surface area contributed by atoms with E-state index >= 15 is 0 Å². The second kappa shape index (κ2) is 7.98. The summed E-state index contributed by atoms with van der Waals surface area (Å²) in [7, 11) is 0. The van der Waals surface area contributed by atoms with E-state index in [1.807, 2.05) is 13.8 Å². The minimum absolute atomic E-state index is 0.0166. The summed E-state index contributed by atoms with van der Waals surface area (Å²) in [6.45, 7) is 6.84. The van der Waals surface area contributed by atoms with Gasteiger partial charge in [0, 0.05) is 12.8 Å². The summed E-state index contributed by atoms with van der Waals surface area (Å²) in [5, 5.41) is 2.73. The average Bonchev–Trinajstić information content (AvgIpc) is 2.19. The molecule has 0 aromatic heterocycles. The molecule has 0 aliphatic rings. The van der Waals surface area contributed by atoms with Gasteiger partial charge in [0.1, 0.15) is 5.78 Å². The molecule has 98 valence electrons. The molecule has 0 unspecified atom stereocenters. The fourth-order valence-corrected chi connectivity index (χ4v) is 1.64. The van der Waals surface area contributed by atoms with Gasteiger partial charge in [-0.2, -0.15) is 0 Å². The van der Waals surface area contributed by atoms with Crippen LogP contribution in [0.4, 0.5) is 0 Å². The number of amides is 1. The highest BCUT2D eigenvalue weighted by molar-refractivity contribution is 5.87. The van der Waals surface area contributed by atoms with Crippen molar-refractivity contribution in [3.05, 3.63) is 0 Å². The van der Waals surface area contributed by atoms with Gasteiger partial charge >= 0.3 is 0 Å². The van der Waals surface area contributed by atoms with E-state index in [2.05, 4.69) is 5.32 Å². The van der Waals surface area contributed by atoms with Gasteiger partial charge in [0.05, 0.1) is 6.04 Å². The smallest absolute Gasteiger partial charge is 0.220 e. The highest BCUT2D eigenvalue weighted by atomic mass is 16.2. The molecule has 17 heavy (non-hydrogen) atoms. The number of carbonyl (C=O) groups excluding carboxylic acids is 3. The predicted molar refractivity (Wildman–Crippen MR) is 66.6 cm³/mol. The Morgan fingerprint density at radius 3 is 1.94 bits per heavy atom. The molecule has 0 rings (SSSR count). The SMILES string of the molecule is CC(=O)CCCCC(=O)N[C@H](C(C)=O)C(C)C. The summed E-state index contributed by atoms with van der Waals surface area (Å²) in [6.07, 6.45) is 2.32. The summed E-state index contributed by atoms with van der Waals surface area (Å²) < 4.78 is 0. The molecule has 0 aromatic carbocycles. The highest BCUT2D eigenvalue weighted by Gasteiger charge is 2.19. The molecule has 4 heteroatoms. The quantitative estimate of drug-likeness (QED) is 0.660. The van der Waals surface area contributed by atoms with Crippen molar-refractivity contribution < 1.29 is 14.4 Å². The van der Waals surface area contributed by atoms with Crippen molar-refractivity contribution in [3.8, 4) is 0 Å². The molecule has 1 N–H and O–H groups in total. The summed E-state index contributed by atoms with van der Waals surface area (Å²) in [5.41, 5.74) is 0. The van der Waals surface area contributed by atoms with E-state index < -0.39 is 6.04 Å². The van der Waals surface area contributed by atoms with Crippen LogP contribution in [0, 0.1) is 5.92 Å². The van der Waals surface area contributed by atoms with Gasteiger partial charge in [-0.3, -0.25) is 9.59 Å². The number of ketones is 2. The third-order valence-corrected chi connectivity index (χ3v) is 2.60. The number of Topliss-reactive ketones (excluding diaryl/α,β-unsaturated/α-hetero) is 2. The van der Waals surface area contributed by atoms with E-state index in [4.69, 9.17) is 0 Å². The van der Waals surface area contributed by atoms with E-state index in [0.29, 0.717) is 19.3 Å². The van der Waals surface area contributed by atoms with Gasteiger partial charge in [-0.05, 0) is 32.6 Å². The summed E-state index contributed by atoms with van der Waals surface area (Å²) in [6, 6.07) is -0.393. The van der Waals surface area contributed by atoms with Crippen molar-refractivity contribution in [2.24, 2.45) is 5.92 Å². The minimum atomic E-state index is -0.393. The maximum atomic E-state index is 11.6. The number of carbonyl (C=O) groups is 3. The molecule has 1 amide bonds. The van der Waals surface area contributed by atoms with Crippen molar-refractivity contribution in [1.29, 1.82) is 0 Å². The molecule has 0 aliphatic heterocycles. The largest absolute Gasteiger partial charge is 0.346 e. The van der Waals surface area contributed by atoms with Crippen LogP contribution in [-0.4, -0.2) is 23.5 Å². The van der Waals surface area contributed by atoms with Gasteiger partial charge in [-0.1, -0.05) is 13.8 Å². The molecule has 0 saturated heterocycles. The third-order valence-electron chi connectivity index (χ3n) is 2.60. The second-order valence-electron chi connectivity index (χ2n) is 4.81. The van der Waals surface area contributed by atoms with Crippen molar-refractivity contribution in [3.63, 3.8) is 0 Å². The van der Waals surface area contributed by atoms with Gasteiger partial charge in [-0.15, -0.1) is 0 Å². The summed E-state index contributed by atoms with van der Waals surface area (Å²) in [4.78, 5) is 33.5. The van der Waals surface area contributed by atoms with Gasteiger partial charge in [0.2, 0.25) is 5.91 Å². The van der Waals surface area contributed by atoms with Crippen LogP contribution in [-0.2, 0) is 14.4 Å². The number of unbranched alkanes of at least 4 members (excludes halogenated alkanes) is 1. The van der Waals surface area contributed by atoms with Crippen LogP contribution in [0.25, 0.3) is 0 Å². The topological polar surface area (TPSA) is 63.2 Å². The van der Waals surface area contributed by atoms with Crippen molar-refractivity contribution in [2.75, 3.05) is 0 Å². The van der Waals surface area contributed by atoms with Crippen LogP contribution in [0.1, 0.15) is 53.4 Å². The van der Waals surface area contributed by atoms with Crippen LogP contribution >= 0.6 is 0 Å². The van der Waals surface area contributed by atoms with Crippen LogP contribution in [0.5, 0.6) is 0 Å². The number of rotatable bonds is 8. The molecule has 4 nitrogen and oxygen atoms in total. The lowest BCUT2D eigenvalue weighted by molar-refractivity contribution is -0.127. The fraction of sp³-hybridized carbons (Fsp3) is 0.769. The minimum Gasteiger partial charge on any atom is -0.346 e. The Kier molecular flexibility index (Phi) is 7.42. The first-order chi connectivity index (χ1) is 7.84. The zero-order valence-corrected chi connectivity index (χ0v) is 11.2. The first-order valence-electron chi connectivity index (χ1n) is 6.13. The lowest BCUT2D eigenvalue weighted by atomic mass is 10.0. The number of hydrogen-bond acceptors (Lipinski definition) is 3. The zero-order valence-electron chi connectivity index (χ0n) is 11.2. The molecule has 0 radical (unpaired) electrons. The zero-order chi connectivity index (χ0) is 13.4. The number of hydrogen-bond donors (Lipinski definition) is 1. The normalized spacial score (nSPS) is 12.3.